The van der Waals surface area contributed by atoms with Crippen molar-refractivity contribution in [2.45, 2.75) is 25.3 Å². The number of carbonyl (C=O) groups is 1. The summed E-state index contributed by atoms with van der Waals surface area (Å²) in [7, 11) is 1.89. The molecular weight excluding hydrogens is 190 g/mol. The van der Waals surface area contributed by atoms with Gasteiger partial charge in [-0.15, -0.1) is 0 Å². The number of fused-ring (bicyclic) bond motifs is 1. The van der Waals surface area contributed by atoms with E-state index >= 15 is 0 Å². The van der Waals surface area contributed by atoms with Gasteiger partial charge in [0.1, 0.15) is 5.69 Å². The molecule has 1 saturated heterocycles. The van der Waals surface area contributed by atoms with Crippen LogP contribution >= 0.6 is 0 Å². The monoisotopic (exact) mass is 205 g/mol. The Bertz CT molecular complexity index is 398. The van der Waals surface area contributed by atoms with E-state index in [1.54, 1.807) is 12.5 Å². The van der Waals surface area contributed by atoms with Gasteiger partial charge in [0.25, 0.3) is 5.91 Å². The highest BCUT2D eigenvalue weighted by Crippen LogP contribution is 2.39. The zero-order valence-corrected chi connectivity index (χ0v) is 8.89. The van der Waals surface area contributed by atoms with Crippen LogP contribution in [0.15, 0.2) is 12.5 Å². The van der Waals surface area contributed by atoms with Crippen molar-refractivity contribution < 1.29 is 4.79 Å². The first kappa shape index (κ1) is 8.95. The van der Waals surface area contributed by atoms with Gasteiger partial charge in [-0.05, 0) is 18.8 Å². The van der Waals surface area contributed by atoms with Crippen LogP contribution < -0.4 is 0 Å². The van der Waals surface area contributed by atoms with Crippen molar-refractivity contribution in [2.75, 3.05) is 6.54 Å². The Balaban J connectivity index is 1.76. The lowest BCUT2D eigenvalue weighted by Gasteiger charge is -2.44. The second kappa shape index (κ2) is 3.08. The van der Waals surface area contributed by atoms with Crippen LogP contribution in [0.3, 0.4) is 0 Å². The van der Waals surface area contributed by atoms with Crippen LogP contribution in [-0.2, 0) is 7.05 Å². The van der Waals surface area contributed by atoms with Gasteiger partial charge in [-0.3, -0.25) is 4.79 Å². The van der Waals surface area contributed by atoms with Gasteiger partial charge in [-0.1, -0.05) is 6.42 Å². The van der Waals surface area contributed by atoms with E-state index in [4.69, 9.17) is 0 Å². The van der Waals surface area contributed by atoms with Crippen molar-refractivity contribution in [3.63, 3.8) is 0 Å². The Kier molecular flexibility index (Phi) is 1.84. The third-order valence-corrected chi connectivity index (χ3v) is 3.64. The minimum absolute atomic E-state index is 0.110. The Morgan fingerprint density at radius 2 is 2.40 bits per heavy atom. The molecule has 15 heavy (non-hydrogen) atoms. The molecule has 1 aromatic rings. The molecule has 0 bridgehead atoms. The maximum Gasteiger partial charge on any atom is 0.274 e. The summed E-state index contributed by atoms with van der Waals surface area (Å²) < 4.78 is 1.82. The highest BCUT2D eigenvalue weighted by molar-refractivity contribution is 5.93. The molecule has 0 aromatic carbocycles. The number of amides is 1. The number of nitrogens with zero attached hydrogens (tertiary/aromatic N) is 3. The summed E-state index contributed by atoms with van der Waals surface area (Å²) in [5.74, 6) is 0.886. The Morgan fingerprint density at radius 1 is 1.53 bits per heavy atom. The number of hydrogen-bond acceptors (Lipinski definition) is 2. The van der Waals surface area contributed by atoms with E-state index in [-0.39, 0.29) is 5.91 Å². The minimum Gasteiger partial charge on any atom is -0.340 e. The standard InChI is InChI=1S/C11H15N3O/c1-13-6-9(12-7-13)11(15)14-5-8-3-2-4-10(8)14/h6-8,10H,2-5H2,1H3. The van der Waals surface area contributed by atoms with Gasteiger partial charge in [-0.2, -0.15) is 0 Å². The van der Waals surface area contributed by atoms with Crippen LogP contribution in [0.1, 0.15) is 29.8 Å². The Hall–Kier alpha value is -1.32. The summed E-state index contributed by atoms with van der Waals surface area (Å²) in [5, 5.41) is 0. The molecule has 1 aromatic heterocycles. The molecule has 4 heteroatoms. The second-order valence-electron chi connectivity index (χ2n) is 4.64. The number of likely N-dealkylation sites (tertiary alicyclic amines) is 1. The second-order valence-corrected chi connectivity index (χ2v) is 4.64. The molecule has 2 fully saturated rings. The van der Waals surface area contributed by atoms with Crippen LogP contribution in [0, 0.1) is 5.92 Å². The van der Waals surface area contributed by atoms with E-state index in [1.807, 2.05) is 16.5 Å². The van der Waals surface area contributed by atoms with Gasteiger partial charge in [0.15, 0.2) is 0 Å². The largest absolute Gasteiger partial charge is 0.340 e. The molecule has 80 valence electrons. The van der Waals surface area contributed by atoms with Gasteiger partial charge in [0.2, 0.25) is 0 Å². The van der Waals surface area contributed by atoms with Crippen LogP contribution in [0.25, 0.3) is 0 Å². The lowest BCUT2D eigenvalue weighted by Crippen LogP contribution is -2.56. The third-order valence-electron chi connectivity index (χ3n) is 3.64. The fourth-order valence-corrected chi connectivity index (χ4v) is 2.79. The van der Waals surface area contributed by atoms with E-state index in [0.29, 0.717) is 11.7 Å². The summed E-state index contributed by atoms with van der Waals surface area (Å²) in [4.78, 5) is 18.1. The number of hydrogen-bond donors (Lipinski definition) is 0. The maximum absolute atomic E-state index is 12.0. The SMILES string of the molecule is Cn1cnc(C(=O)N2CC3CCCC32)c1. The van der Waals surface area contributed by atoms with Crippen LogP contribution in [0.4, 0.5) is 0 Å². The van der Waals surface area contributed by atoms with Gasteiger partial charge >= 0.3 is 0 Å². The first-order valence-electron chi connectivity index (χ1n) is 5.54. The minimum atomic E-state index is 0.110. The summed E-state index contributed by atoms with van der Waals surface area (Å²) in [6.07, 6.45) is 7.24. The summed E-state index contributed by atoms with van der Waals surface area (Å²) in [6, 6.07) is 0.513. The normalized spacial score (nSPS) is 28.7. The average molecular weight is 205 g/mol. The van der Waals surface area contributed by atoms with Crippen LogP contribution in [0.2, 0.25) is 0 Å². The molecule has 1 amide bonds. The smallest absolute Gasteiger partial charge is 0.274 e. The highest BCUT2D eigenvalue weighted by atomic mass is 16.2. The molecule has 0 radical (unpaired) electrons. The molecular formula is C11H15N3O. The molecule has 2 atom stereocenters. The van der Waals surface area contributed by atoms with Crippen molar-refractivity contribution in [2.24, 2.45) is 13.0 Å². The quantitative estimate of drug-likeness (QED) is 0.687. The predicted octanol–water partition coefficient (Wildman–Crippen LogP) is 1.04. The molecule has 0 N–H and O–H groups in total. The van der Waals surface area contributed by atoms with E-state index in [2.05, 4.69) is 4.98 Å². The molecule has 0 spiro atoms. The summed E-state index contributed by atoms with van der Waals surface area (Å²) in [5.41, 5.74) is 0.586. The molecule has 1 saturated carbocycles. The molecule has 3 rings (SSSR count). The molecule has 2 aliphatic rings. The summed E-state index contributed by atoms with van der Waals surface area (Å²) in [6.45, 7) is 0.945. The van der Waals surface area contributed by atoms with Crippen molar-refractivity contribution in [1.82, 2.24) is 14.5 Å². The number of aromatic nitrogens is 2. The molecule has 1 aliphatic heterocycles. The van der Waals surface area contributed by atoms with Crippen molar-refractivity contribution in [1.29, 1.82) is 0 Å². The van der Waals surface area contributed by atoms with E-state index in [0.717, 1.165) is 12.5 Å². The van der Waals surface area contributed by atoms with Gasteiger partial charge in [0.05, 0.1) is 6.33 Å². The van der Waals surface area contributed by atoms with E-state index in [9.17, 15) is 4.79 Å². The molecule has 2 unspecified atom stereocenters. The van der Waals surface area contributed by atoms with Crippen molar-refractivity contribution >= 4 is 5.91 Å². The maximum atomic E-state index is 12.0. The number of aryl methyl sites for hydroxylation is 1. The van der Waals surface area contributed by atoms with Gasteiger partial charge in [-0.25, -0.2) is 4.98 Å². The molecule has 2 heterocycles. The zero-order chi connectivity index (χ0) is 10.4. The summed E-state index contributed by atoms with van der Waals surface area (Å²) >= 11 is 0. The fourth-order valence-electron chi connectivity index (χ4n) is 2.79. The lowest BCUT2D eigenvalue weighted by molar-refractivity contribution is 0.0264. The predicted molar refractivity (Wildman–Crippen MR) is 55.4 cm³/mol. The third kappa shape index (κ3) is 1.28. The average Bonchev–Trinajstić information content (AvgIpc) is 2.74. The molecule has 4 nitrogen and oxygen atoms in total. The molecule has 1 aliphatic carbocycles. The first-order chi connectivity index (χ1) is 7.25. The lowest BCUT2D eigenvalue weighted by atomic mass is 9.91. The number of carbonyl (C=O) groups excluding carboxylic acids is 1. The van der Waals surface area contributed by atoms with E-state index in [1.165, 1.54) is 19.3 Å². The van der Waals surface area contributed by atoms with Crippen molar-refractivity contribution in [3.05, 3.63) is 18.2 Å². The highest BCUT2D eigenvalue weighted by Gasteiger charge is 2.44. The van der Waals surface area contributed by atoms with Crippen molar-refractivity contribution in [3.8, 4) is 0 Å². The fraction of sp³-hybridized carbons (Fsp3) is 0.636. The topological polar surface area (TPSA) is 38.1 Å². The first-order valence-corrected chi connectivity index (χ1v) is 5.54. The van der Waals surface area contributed by atoms with Gasteiger partial charge in [0, 0.05) is 25.8 Å². The van der Waals surface area contributed by atoms with Crippen LogP contribution in [0.5, 0.6) is 0 Å². The Labute approximate surface area is 88.9 Å². The van der Waals surface area contributed by atoms with Crippen LogP contribution in [-0.4, -0.2) is 32.9 Å². The Morgan fingerprint density at radius 3 is 3.07 bits per heavy atom. The number of rotatable bonds is 1. The van der Waals surface area contributed by atoms with E-state index < -0.39 is 0 Å². The number of imidazole rings is 1. The zero-order valence-electron chi connectivity index (χ0n) is 8.89. The van der Waals surface area contributed by atoms with Gasteiger partial charge < -0.3 is 9.47 Å².